The zero-order valence-electron chi connectivity index (χ0n) is 34.1. The molecule has 9 amide bonds. The number of alkyl carbamates (subject to hydrolysis) is 2. The summed E-state index contributed by atoms with van der Waals surface area (Å²) in [6.07, 6.45) is 8.59. The van der Waals surface area contributed by atoms with E-state index in [4.69, 9.17) is 18.9 Å². The lowest BCUT2D eigenvalue weighted by molar-refractivity contribution is -0.144. The third-order valence-corrected chi connectivity index (χ3v) is 10.3. The van der Waals surface area contributed by atoms with Crippen LogP contribution in [0.15, 0.2) is 24.3 Å². The first kappa shape index (κ1) is 47.2. The molecule has 0 aromatic carbocycles. The molecule has 4 aliphatic rings. The van der Waals surface area contributed by atoms with Crippen LogP contribution < -0.4 is 26.6 Å². The van der Waals surface area contributed by atoms with Crippen LogP contribution in [0.3, 0.4) is 0 Å². The van der Waals surface area contributed by atoms with Crippen molar-refractivity contribution in [2.75, 3.05) is 67.3 Å². The van der Waals surface area contributed by atoms with Crippen LogP contribution in [0.5, 0.6) is 0 Å². The van der Waals surface area contributed by atoms with Gasteiger partial charge in [-0.3, -0.25) is 54.0 Å². The van der Waals surface area contributed by atoms with E-state index >= 15 is 0 Å². The van der Waals surface area contributed by atoms with Gasteiger partial charge in [0.1, 0.15) is 0 Å². The lowest BCUT2D eigenvalue weighted by atomic mass is 10.1. The summed E-state index contributed by atoms with van der Waals surface area (Å²) in [7, 11) is 2.77. The molecule has 22 heteroatoms. The van der Waals surface area contributed by atoms with E-state index in [1.165, 1.54) is 14.2 Å². The summed E-state index contributed by atoms with van der Waals surface area (Å²) in [5, 5.41) is 14.3. The summed E-state index contributed by atoms with van der Waals surface area (Å²) in [5.74, 6) is -3.18. The molecule has 22 nitrogen and oxygen atoms in total. The molecule has 2 fully saturated rings. The van der Waals surface area contributed by atoms with Gasteiger partial charge in [0.05, 0.1) is 12.8 Å². The number of nitrogens with zero attached hydrogens (tertiary/aromatic N) is 3. The molecule has 3 unspecified atom stereocenters. The third kappa shape index (κ3) is 13.5. The predicted octanol–water partition coefficient (Wildman–Crippen LogP) is -0.409. The Morgan fingerprint density at radius 1 is 0.700 bits per heavy atom. The number of methoxy groups -OCH3 is 2. The Balaban J connectivity index is 1.21. The second-order valence-electron chi connectivity index (χ2n) is 14.5. The fourth-order valence-corrected chi connectivity index (χ4v) is 7.15. The number of carbonyl (C=O) groups excluding carboxylic acids is 9. The van der Waals surface area contributed by atoms with Crippen molar-refractivity contribution in [3.8, 4) is 0 Å². The molecule has 1 saturated carbocycles. The van der Waals surface area contributed by atoms with Crippen LogP contribution in [0.2, 0.25) is 0 Å². The van der Waals surface area contributed by atoms with Gasteiger partial charge in [0.2, 0.25) is 11.8 Å². The molecule has 3 heterocycles. The van der Waals surface area contributed by atoms with E-state index < -0.39 is 65.1 Å². The highest BCUT2D eigenvalue weighted by Crippen LogP contribution is 2.37. The van der Waals surface area contributed by atoms with Gasteiger partial charge in [-0.15, -0.1) is 0 Å². The SMILES string of the molecule is COCOC(=O)NCCCCC1(NC(=O)OCOC)C(=O)N1CCCCCCNCOC1(NC(=O)CCN2C(=O)C=CC2=O)CCCC1NC(=O)CCN1C(=O)C=CC1=O. The number of hydrogen-bond acceptors (Lipinski definition) is 15. The van der Waals surface area contributed by atoms with Crippen molar-refractivity contribution in [2.45, 2.75) is 94.5 Å². The van der Waals surface area contributed by atoms with Crippen molar-refractivity contribution < 1.29 is 66.8 Å². The van der Waals surface area contributed by atoms with E-state index in [0.29, 0.717) is 64.6 Å². The van der Waals surface area contributed by atoms with E-state index in [0.717, 1.165) is 53.4 Å². The number of imide groups is 2. The van der Waals surface area contributed by atoms with Crippen molar-refractivity contribution >= 4 is 53.5 Å². The van der Waals surface area contributed by atoms with Crippen molar-refractivity contribution in [2.24, 2.45) is 0 Å². The number of nitrogens with one attached hydrogen (secondary N) is 5. The lowest BCUT2D eigenvalue weighted by Crippen LogP contribution is -2.62. The van der Waals surface area contributed by atoms with Gasteiger partial charge in [-0.2, -0.15) is 0 Å². The predicted molar refractivity (Wildman–Crippen MR) is 206 cm³/mol. The maximum Gasteiger partial charge on any atom is 0.411 e. The highest BCUT2D eigenvalue weighted by Gasteiger charge is 2.63. The molecule has 1 saturated heterocycles. The van der Waals surface area contributed by atoms with Gasteiger partial charge in [-0.25, -0.2) is 9.59 Å². The molecule has 3 atom stereocenters. The first-order chi connectivity index (χ1) is 28.9. The fourth-order valence-electron chi connectivity index (χ4n) is 7.15. The van der Waals surface area contributed by atoms with Gasteiger partial charge in [-0.05, 0) is 57.9 Å². The van der Waals surface area contributed by atoms with Gasteiger partial charge in [-0.1, -0.05) is 12.8 Å². The first-order valence-corrected chi connectivity index (χ1v) is 20.0. The van der Waals surface area contributed by atoms with E-state index in [1.54, 1.807) is 4.90 Å². The van der Waals surface area contributed by atoms with Crippen LogP contribution in [0, 0.1) is 0 Å². The van der Waals surface area contributed by atoms with Crippen LogP contribution in [-0.4, -0.2) is 153 Å². The number of hydrogen-bond donors (Lipinski definition) is 5. The summed E-state index contributed by atoms with van der Waals surface area (Å²) in [6, 6.07) is -0.652. The van der Waals surface area contributed by atoms with Crippen LogP contribution in [0.1, 0.15) is 77.0 Å². The molecule has 60 heavy (non-hydrogen) atoms. The molecule has 332 valence electrons. The molecule has 0 spiro atoms. The van der Waals surface area contributed by atoms with Gasteiger partial charge < -0.3 is 44.5 Å². The van der Waals surface area contributed by atoms with Crippen molar-refractivity contribution in [1.29, 1.82) is 0 Å². The minimum Gasteiger partial charge on any atom is -0.422 e. The minimum absolute atomic E-state index is 0.0155. The van der Waals surface area contributed by atoms with Crippen molar-refractivity contribution in [3.05, 3.63) is 24.3 Å². The van der Waals surface area contributed by atoms with Gasteiger partial charge in [0, 0.05) is 77.5 Å². The molecule has 4 rings (SSSR count). The molecule has 0 radical (unpaired) electrons. The summed E-state index contributed by atoms with van der Waals surface area (Å²) in [6.45, 7) is 0.592. The molecule has 0 aromatic rings. The smallest absolute Gasteiger partial charge is 0.411 e. The summed E-state index contributed by atoms with van der Waals surface area (Å²) in [5.41, 5.74) is -2.51. The van der Waals surface area contributed by atoms with Crippen LogP contribution in [-0.2, 0) is 57.2 Å². The second-order valence-corrected chi connectivity index (χ2v) is 14.5. The second kappa shape index (κ2) is 23.4. The maximum absolute atomic E-state index is 13.2. The Bertz CT molecular complexity index is 1620. The molecular weight excluding hydrogens is 792 g/mol. The van der Waals surface area contributed by atoms with Crippen molar-refractivity contribution in [3.63, 3.8) is 0 Å². The topological polar surface area (TPSA) is 269 Å². The average molecular weight is 849 g/mol. The van der Waals surface area contributed by atoms with Gasteiger partial charge >= 0.3 is 12.2 Å². The van der Waals surface area contributed by atoms with Crippen molar-refractivity contribution in [1.82, 2.24) is 41.3 Å². The zero-order chi connectivity index (χ0) is 43.5. The summed E-state index contributed by atoms with van der Waals surface area (Å²) < 4.78 is 25.5. The zero-order valence-corrected chi connectivity index (χ0v) is 34.1. The summed E-state index contributed by atoms with van der Waals surface area (Å²) in [4.78, 5) is 115. The number of ether oxygens (including phenoxy) is 5. The number of carbonyl (C=O) groups is 9. The maximum atomic E-state index is 13.2. The van der Waals surface area contributed by atoms with Gasteiger partial charge in [0.15, 0.2) is 25.0 Å². The Labute approximate surface area is 347 Å². The van der Waals surface area contributed by atoms with Crippen LogP contribution in [0.25, 0.3) is 0 Å². The molecular formula is C38H56N8O14. The minimum atomic E-state index is -1.31. The first-order valence-electron chi connectivity index (χ1n) is 20.0. The summed E-state index contributed by atoms with van der Waals surface area (Å²) >= 11 is 0. The normalized spacial score (nSPS) is 21.9. The number of unbranched alkanes of at least 4 members (excludes halogenated alkanes) is 4. The third-order valence-electron chi connectivity index (χ3n) is 10.3. The number of rotatable bonds is 28. The largest absolute Gasteiger partial charge is 0.422 e. The standard InChI is InChI=1S/C38H56N8O14/c1-56-25-58-35(54)40-20-7-5-17-37(43-36(55)59-26-57-2)34(53)46(37)21-8-4-3-6-19-39-24-60-38(42-29(48)16-23-45-32(51)13-14-33(45)52)18-9-10-27(38)41-28(47)15-22-44-30(49)11-12-31(44)50/h11-14,27,39H,3-10,15-26H2,1-2H3,(H,40,54)(H,41,47)(H,42,48)(H,43,55). The van der Waals surface area contributed by atoms with Crippen LogP contribution in [0.4, 0.5) is 9.59 Å². The molecule has 0 aromatic heterocycles. The van der Waals surface area contributed by atoms with E-state index in [9.17, 15) is 43.2 Å². The quantitative estimate of drug-likeness (QED) is 0.0290. The Morgan fingerprint density at radius 2 is 1.28 bits per heavy atom. The molecule has 1 aliphatic carbocycles. The molecule has 5 N–H and O–H groups in total. The fraction of sp³-hybridized carbons (Fsp3) is 0.658. The number of amides is 9. The monoisotopic (exact) mass is 848 g/mol. The Morgan fingerprint density at radius 3 is 1.92 bits per heavy atom. The highest BCUT2D eigenvalue weighted by atomic mass is 16.7. The van der Waals surface area contributed by atoms with E-state index in [1.807, 2.05) is 0 Å². The van der Waals surface area contributed by atoms with Crippen LogP contribution >= 0.6 is 0 Å². The lowest BCUT2D eigenvalue weighted by Gasteiger charge is -2.37. The Kier molecular flexibility index (Phi) is 18.4. The average Bonchev–Trinajstić information content (AvgIpc) is 3.55. The molecule has 0 bridgehead atoms. The molecule has 3 aliphatic heterocycles. The van der Waals surface area contributed by atoms with E-state index in [2.05, 4.69) is 31.3 Å². The highest BCUT2D eigenvalue weighted by molar-refractivity contribution is 6.13. The Hall–Kier alpha value is -5.45. The van der Waals surface area contributed by atoms with Gasteiger partial charge in [0.25, 0.3) is 29.5 Å². The van der Waals surface area contributed by atoms with E-state index in [-0.39, 0.29) is 52.2 Å².